The van der Waals surface area contributed by atoms with E-state index in [9.17, 15) is 4.79 Å². The van der Waals surface area contributed by atoms with E-state index in [1.807, 2.05) is 36.4 Å². The van der Waals surface area contributed by atoms with Gasteiger partial charge in [0.1, 0.15) is 5.82 Å². The maximum absolute atomic E-state index is 12.9. The minimum absolute atomic E-state index is 0.0249. The summed E-state index contributed by atoms with van der Waals surface area (Å²) in [6, 6.07) is 16.0. The molecule has 0 atom stereocenters. The summed E-state index contributed by atoms with van der Waals surface area (Å²) in [6.07, 6.45) is 5.32. The Morgan fingerprint density at radius 1 is 1.00 bits per heavy atom. The van der Waals surface area contributed by atoms with Crippen LogP contribution in [0.1, 0.15) is 36.3 Å². The van der Waals surface area contributed by atoms with Crippen LogP contribution < -0.4 is 0 Å². The van der Waals surface area contributed by atoms with Crippen molar-refractivity contribution < 1.29 is 4.79 Å². The van der Waals surface area contributed by atoms with Gasteiger partial charge < -0.3 is 4.57 Å². The molecule has 3 heteroatoms. The number of carbonyl (C=O) groups excluding carboxylic acids is 1. The molecule has 1 aromatic carbocycles. The zero-order valence-electron chi connectivity index (χ0n) is 14.0. The molecule has 3 nitrogen and oxygen atoms in total. The third-order valence-corrected chi connectivity index (χ3v) is 4.65. The van der Waals surface area contributed by atoms with E-state index in [-0.39, 0.29) is 11.2 Å². The van der Waals surface area contributed by atoms with Crippen LogP contribution in [0.2, 0.25) is 0 Å². The van der Waals surface area contributed by atoms with Crippen LogP contribution in [0.15, 0.2) is 60.9 Å². The van der Waals surface area contributed by atoms with Gasteiger partial charge in [-0.05, 0) is 29.5 Å². The van der Waals surface area contributed by atoms with Gasteiger partial charge in [0, 0.05) is 35.6 Å². The summed E-state index contributed by atoms with van der Waals surface area (Å²) in [5.74, 6) is 1.09. The van der Waals surface area contributed by atoms with E-state index in [0.29, 0.717) is 6.42 Å². The molecule has 0 N–H and O–H groups in total. The molecule has 0 spiro atoms. The second-order valence-electron chi connectivity index (χ2n) is 7.23. The van der Waals surface area contributed by atoms with Gasteiger partial charge in [0.2, 0.25) is 0 Å². The largest absolute Gasteiger partial charge is 0.304 e. The fourth-order valence-corrected chi connectivity index (χ4v) is 3.61. The molecule has 0 saturated heterocycles. The summed E-state index contributed by atoms with van der Waals surface area (Å²) >= 11 is 0. The number of ketones is 1. The maximum Gasteiger partial charge on any atom is 0.165 e. The summed E-state index contributed by atoms with van der Waals surface area (Å²) in [4.78, 5) is 17.4. The van der Waals surface area contributed by atoms with Crippen LogP contribution in [0.3, 0.4) is 0 Å². The lowest BCUT2D eigenvalue weighted by Crippen LogP contribution is -2.28. The predicted octanol–water partition coefficient (Wildman–Crippen LogP) is 4.69. The number of hydrogen-bond acceptors (Lipinski definition) is 2. The zero-order chi connectivity index (χ0) is 16.7. The van der Waals surface area contributed by atoms with E-state index in [4.69, 9.17) is 0 Å². The average Bonchev–Trinajstić information content (AvgIpc) is 2.95. The second-order valence-corrected chi connectivity index (χ2v) is 7.23. The summed E-state index contributed by atoms with van der Waals surface area (Å²) in [7, 11) is 0. The van der Waals surface area contributed by atoms with Gasteiger partial charge in [-0.25, -0.2) is 4.98 Å². The Morgan fingerprint density at radius 2 is 1.75 bits per heavy atom. The molecule has 0 bridgehead atoms. The first kappa shape index (κ1) is 14.9. The highest BCUT2D eigenvalue weighted by Gasteiger charge is 2.36. The number of aromatic nitrogens is 2. The van der Waals surface area contributed by atoms with Crippen molar-refractivity contribution in [2.45, 2.75) is 26.7 Å². The Morgan fingerprint density at radius 3 is 2.46 bits per heavy atom. The van der Waals surface area contributed by atoms with Crippen LogP contribution >= 0.6 is 0 Å². The number of fused-ring (bicyclic) bond motifs is 1. The summed E-state index contributed by atoms with van der Waals surface area (Å²) in [6.45, 7) is 4.32. The van der Waals surface area contributed by atoms with Crippen molar-refractivity contribution in [2.24, 2.45) is 5.41 Å². The molecule has 3 aromatic rings. The smallest absolute Gasteiger partial charge is 0.165 e. The molecule has 0 radical (unpaired) electrons. The fourth-order valence-electron chi connectivity index (χ4n) is 3.61. The van der Waals surface area contributed by atoms with Crippen molar-refractivity contribution in [3.63, 3.8) is 0 Å². The lowest BCUT2D eigenvalue weighted by atomic mass is 9.75. The van der Waals surface area contributed by atoms with Crippen molar-refractivity contribution in [3.8, 4) is 16.9 Å². The van der Waals surface area contributed by atoms with Crippen LogP contribution in [0.4, 0.5) is 0 Å². The number of Topliss-reactive ketones (excluding diaryl/α,β-unsaturated/α-hetero) is 1. The van der Waals surface area contributed by atoms with Gasteiger partial charge in [-0.3, -0.25) is 4.79 Å². The van der Waals surface area contributed by atoms with Crippen LogP contribution in [0.25, 0.3) is 16.9 Å². The molecule has 0 aliphatic heterocycles. The van der Waals surface area contributed by atoms with Gasteiger partial charge in [0.15, 0.2) is 5.78 Å². The summed E-state index contributed by atoms with van der Waals surface area (Å²) in [5.41, 5.74) is 4.01. The van der Waals surface area contributed by atoms with E-state index in [0.717, 1.165) is 34.6 Å². The molecule has 1 aliphatic rings. The Bertz CT molecular complexity index is 892. The maximum atomic E-state index is 12.9. The Kier molecular flexibility index (Phi) is 3.38. The van der Waals surface area contributed by atoms with Crippen molar-refractivity contribution in [2.75, 3.05) is 0 Å². The number of rotatable bonds is 2. The molecule has 0 saturated carbocycles. The molecule has 0 unspecified atom stereocenters. The SMILES string of the molecule is CC1(C)CC(=O)c2c(-c3ccccc3)cn(-c3ccccn3)c2C1. The van der Waals surface area contributed by atoms with Crippen molar-refractivity contribution in [1.29, 1.82) is 0 Å². The number of hydrogen-bond donors (Lipinski definition) is 0. The topological polar surface area (TPSA) is 34.9 Å². The Balaban J connectivity index is 1.98. The first-order valence-electron chi connectivity index (χ1n) is 8.29. The van der Waals surface area contributed by atoms with Crippen molar-refractivity contribution >= 4 is 5.78 Å². The summed E-state index contributed by atoms with van der Waals surface area (Å²) < 4.78 is 2.09. The Hall–Kier alpha value is -2.68. The van der Waals surface area contributed by atoms with E-state index in [2.05, 4.69) is 41.7 Å². The average molecular weight is 316 g/mol. The highest BCUT2D eigenvalue weighted by molar-refractivity contribution is 6.05. The molecule has 0 amide bonds. The van der Waals surface area contributed by atoms with Crippen LogP contribution in [0, 0.1) is 5.41 Å². The number of nitrogens with zero attached hydrogens (tertiary/aromatic N) is 2. The van der Waals surface area contributed by atoms with E-state index in [1.165, 1.54) is 0 Å². The molecule has 2 heterocycles. The zero-order valence-corrected chi connectivity index (χ0v) is 14.0. The third-order valence-electron chi connectivity index (χ3n) is 4.65. The van der Waals surface area contributed by atoms with Crippen molar-refractivity contribution in [3.05, 3.63) is 72.2 Å². The molecule has 0 fully saturated rings. The molecule has 2 aromatic heterocycles. The van der Waals surface area contributed by atoms with Crippen LogP contribution in [-0.4, -0.2) is 15.3 Å². The lowest BCUT2D eigenvalue weighted by Gasteiger charge is -2.30. The van der Waals surface area contributed by atoms with Gasteiger partial charge in [-0.2, -0.15) is 0 Å². The first-order chi connectivity index (χ1) is 11.6. The first-order valence-corrected chi connectivity index (χ1v) is 8.29. The van der Waals surface area contributed by atoms with Gasteiger partial charge in [0.05, 0.1) is 0 Å². The monoisotopic (exact) mass is 316 g/mol. The lowest BCUT2D eigenvalue weighted by molar-refractivity contribution is 0.0911. The van der Waals surface area contributed by atoms with Gasteiger partial charge >= 0.3 is 0 Å². The molecule has 4 rings (SSSR count). The summed E-state index contributed by atoms with van der Waals surface area (Å²) in [5, 5.41) is 0. The minimum Gasteiger partial charge on any atom is -0.304 e. The molecular formula is C21H20N2O. The molecule has 120 valence electrons. The number of benzene rings is 1. The molecule has 24 heavy (non-hydrogen) atoms. The third kappa shape index (κ3) is 2.46. The second kappa shape index (κ2) is 5.45. The van der Waals surface area contributed by atoms with Gasteiger partial charge in [0.25, 0.3) is 0 Å². The van der Waals surface area contributed by atoms with Crippen LogP contribution in [0.5, 0.6) is 0 Å². The van der Waals surface area contributed by atoms with Gasteiger partial charge in [-0.1, -0.05) is 50.2 Å². The predicted molar refractivity (Wildman–Crippen MR) is 95.4 cm³/mol. The number of carbonyl (C=O) groups is 1. The van der Waals surface area contributed by atoms with Crippen molar-refractivity contribution in [1.82, 2.24) is 9.55 Å². The van der Waals surface area contributed by atoms with E-state index < -0.39 is 0 Å². The minimum atomic E-state index is -0.0249. The molecule has 1 aliphatic carbocycles. The van der Waals surface area contributed by atoms with E-state index in [1.54, 1.807) is 6.20 Å². The Labute approximate surface area is 142 Å². The standard InChI is InChI=1S/C21H20N2O/c1-21(2)12-17-20(18(24)13-21)16(15-8-4-3-5-9-15)14-23(17)19-10-6-7-11-22-19/h3-11,14H,12-13H2,1-2H3. The quantitative estimate of drug-likeness (QED) is 0.687. The highest BCUT2D eigenvalue weighted by atomic mass is 16.1. The fraction of sp³-hybridized carbons (Fsp3) is 0.238. The molecular weight excluding hydrogens is 296 g/mol. The highest BCUT2D eigenvalue weighted by Crippen LogP contribution is 2.41. The van der Waals surface area contributed by atoms with E-state index >= 15 is 0 Å². The van der Waals surface area contributed by atoms with Crippen LogP contribution in [-0.2, 0) is 6.42 Å². The van der Waals surface area contributed by atoms with Gasteiger partial charge in [-0.15, -0.1) is 0 Å². The number of pyridine rings is 1. The normalized spacial score (nSPS) is 16.0.